The van der Waals surface area contributed by atoms with Gasteiger partial charge in [0.25, 0.3) is 0 Å². The predicted molar refractivity (Wildman–Crippen MR) is 97.5 cm³/mol. The second kappa shape index (κ2) is 10.3. The lowest BCUT2D eigenvalue weighted by Crippen LogP contribution is -2.19. The fourth-order valence-corrected chi connectivity index (χ4v) is 3.50. The van der Waals surface area contributed by atoms with Crippen molar-refractivity contribution in [2.75, 3.05) is 25.2 Å². The fourth-order valence-electron chi connectivity index (χ4n) is 2.97. The third kappa shape index (κ3) is 5.94. The third-order valence-corrected chi connectivity index (χ3v) is 5.34. The van der Waals surface area contributed by atoms with Crippen LogP contribution in [0.25, 0.3) is 0 Å². The summed E-state index contributed by atoms with van der Waals surface area (Å²) in [4.78, 5) is 0. The van der Waals surface area contributed by atoms with Crippen molar-refractivity contribution < 1.29 is 10.2 Å². The van der Waals surface area contributed by atoms with E-state index < -0.39 is 0 Å². The van der Waals surface area contributed by atoms with Gasteiger partial charge in [0, 0.05) is 12.5 Å². The molecule has 0 aliphatic heterocycles. The molecular weight excluding hydrogens is 292 g/mol. The molecule has 1 aromatic rings. The fraction of sp³-hybridized carbons (Fsp3) is 0.684. The summed E-state index contributed by atoms with van der Waals surface area (Å²) < 4.78 is 0. The van der Waals surface area contributed by atoms with Gasteiger partial charge in [-0.15, -0.1) is 0 Å². The Morgan fingerprint density at radius 1 is 1.00 bits per heavy atom. The Kier molecular flexibility index (Phi) is 9.15. The molecule has 1 aromatic carbocycles. The Labute approximate surface area is 140 Å². The van der Waals surface area contributed by atoms with Crippen LogP contribution in [0, 0.1) is 17.8 Å². The van der Waals surface area contributed by atoms with Gasteiger partial charge in [-0.2, -0.15) is 11.8 Å². The highest BCUT2D eigenvalue weighted by Gasteiger charge is 2.18. The molecule has 0 radical (unpaired) electrons. The molecule has 0 fully saturated rings. The first-order valence-electron chi connectivity index (χ1n) is 8.32. The number of aliphatic hydroxyl groups is 2. The van der Waals surface area contributed by atoms with E-state index in [-0.39, 0.29) is 19.1 Å². The first kappa shape index (κ1) is 19.5. The lowest BCUT2D eigenvalue weighted by atomic mass is 9.85. The summed E-state index contributed by atoms with van der Waals surface area (Å²) in [6, 6.07) is 8.66. The summed E-state index contributed by atoms with van der Waals surface area (Å²) in [7, 11) is 0. The highest BCUT2D eigenvalue weighted by molar-refractivity contribution is 7.98. The molecule has 126 valence electrons. The van der Waals surface area contributed by atoms with Crippen LogP contribution >= 0.6 is 11.8 Å². The number of hydrogen-bond acceptors (Lipinski definition) is 3. The molecule has 3 heteroatoms. The molecule has 3 atom stereocenters. The molecular formula is C19H32O2S. The predicted octanol–water partition coefficient (Wildman–Crippen LogP) is 3.96. The Balaban J connectivity index is 2.66. The van der Waals surface area contributed by atoms with Crippen molar-refractivity contribution in [1.82, 2.24) is 0 Å². The molecule has 22 heavy (non-hydrogen) atoms. The van der Waals surface area contributed by atoms with E-state index in [4.69, 9.17) is 0 Å². The number of benzene rings is 1. The summed E-state index contributed by atoms with van der Waals surface area (Å²) in [5, 5.41) is 19.1. The molecule has 0 saturated heterocycles. The van der Waals surface area contributed by atoms with Gasteiger partial charge in [-0.05, 0) is 53.7 Å². The lowest BCUT2D eigenvalue weighted by Gasteiger charge is -2.22. The maximum Gasteiger partial charge on any atom is 0.0502 e. The second-order valence-corrected chi connectivity index (χ2v) is 7.67. The average molecular weight is 325 g/mol. The van der Waals surface area contributed by atoms with Gasteiger partial charge in [0.05, 0.1) is 6.61 Å². The molecule has 2 nitrogen and oxygen atoms in total. The number of thioether (sulfide) groups is 1. The van der Waals surface area contributed by atoms with Gasteiger partial charge < -0.3 is 10.2 Å². The largest absolute Gasteiger partial charge is 0.396 e. The van der Waals surface area contributed by atoms with E-state index in [9.17, 15) is 10.2 Å². The van der Waals surface area contributed by atoms with Crippen LogP contribution in [0.4, 0.5) is 0 Å². The zero-order valence-electron chi connectivity index (χ0n) is 14.5. The van der Waals surface area contributed by atoms with Crippen LogP contribution < -0.4 is 0 Å². The molecule has 0 spiro atoms. The van der Waals surface area contributed by atoms with Crippen LogP contribution in [0.15, 0.2) is 24.3 Å². The number of rotatable bonds is 10. The quantitative estimate of drug-likeness (QED) is 0.684. The number of hydrogen-bond donors (Lipinski definition) is 2. The van der Waals surface area contributed by atoms with Gasteiger partial charge in [-0.25, -0.2) is 0 Å². The molecule has 0 heterocycles. The summed E-state index contributed by atoms with van der Waals surface area (Å²) >= 11 is 1.84. The molecule has 0 saturated carbocycles. The standard InChI is InChI=1S/C19H32O2S/c1-14(2)19(13-21)17-7-5-16(6-8-17)11-15(3)18(12-20)9-10-22-4/h5-8,14-15,18-21H,9-13H2,1-4H3. The highest BCUT2D eigenvalue weighted by atomic mass is 32.2. The van der Waals surface area contributed by atoms with E-state index in [0.717, 1.165) is 18.6 Å². The highest BCUT2D eigenvalue weighted by Crippen LogP contribution is 2.26. The Hall–Kier alpha value is -0.510. The van der Waals surface area contributed by atoms with Gasteiger partial charge in [0.15, 0.2) is 0 Å². The summed E-state index contributed by atoms with van der Waals surface area (Å²) in [5.41, 5.74) is 2.54. The molecule has 3 unspecified atom stereocenters. The second-order valence-electron chi connectivity index (χ2n) is 6.68. The van der Waals surface area contributed by atoms with Crippen LogP contribution in [0.1, 0.15) is 44.2 Å². The summed E-state index contributed by atoms with van der Waals surface area (Å²) in [6.45, 7) is 7.01. The van der Waals surface area contributed by atoms with E-state index in [1.165, 1.54) is 11.1 Å². The van der Waals surface area contributed by atoms with Crippen molar-refractivity contribution >= 4 is 11.8 Å². The van der Waals surface area contributed by atoms with E-state index in [0.29, 0.717) is 17.8 Å². The monoisotopic (exact) mass is 324 g/mol. The van der Waals surface area contributed by atoms with Crippen molar-refractivity contribution in [1.29, 1.82) is 0 Å². The molecule has 0 aromatic heterocycles. The van der Waals surface area contributed by atoms with Crippen molar-refractivity contribution in [3.8, 4) is 0 Å². The van der Waals surface area contributed by atoms with Gasteiger partial charge in [0.2, 0.25) is 0 Å². The average Bonchev–Trinajstić information content (AvgIpc) is 2.50. The van der Waals surface area contributed by atoms with Crippen molar-refractivity contribution in [3.63, 3.8) is 0 Å². The number of aliphatic hydroxyl groups excluding tert-OH is 2. The summed E-state index contributed by atoms with van der Waals surface area (Å²) in [6.07, 6.45) is 4.20. The molecule has 2 N–H and O–H groups in total. The Bertz CT molecular complexity index is 402. The van der Waals surface area contributed by atoms with E-state index in [1.54, 1.807) is 0 Å². The molecule has 0 aliphatic carbocycles. The molecule has 0 aliphatic rings. The topological polar surface area (TPSA) is 40.5 Å². The van der Waals surface area contributed by atoms with Crippen LogP contribution in [0.2, 0.25) is 0 Å². The minimum atomic E-state index is 0.203. The minimum absolute atomic E-state index is 0.203. The van der Waals surface area contributed by atoms with Gasteiger partial charge in [0.1, 0.15) is 0 Å². The zero-order valence-corrected chi connectivity index (χ0v) is 15.3. The maximum atomic E-state index is 9.57. The van der Waals surface area contributed by atoms with Gasteiger partial charge in [-0.1, -0.05) is 45.0 Å². The van der Waals surface area contributed by atoms with Crippen molar-refractivity contribution in [2.24, 2.45) is 17.8 Å². The molecule has 0 amide bonds. The van der Waals surface area contributed by atoms with E-state index in [2.05, 4.69) is 51.3 Å². The summed E-state index contributed by atoms with van der Waals surface area (Å²) in [5.74, 6) is 2.65. The lowest BCUT2D eigenvalue weighted by molar-refractivity contribution is 0.178. The Morgan fingerprint density at radius 2 is 1.64 bits per heavy atom. The van der Waals surface area contributed by atoms with Crippen molar-refractivity contribution in [3.05, 3.63) is 35.4 Å². The third-order valence-electron chi connectivity index (χ3n) is 4.70. The van der Waals surface area contributed by atoms with Gasteiger partial charge in [-0.3, -0.25) is 0 Å². The first-order chi connectivity index (χ1) is 10.5. The van der Waals surface area contributed by atoms with Gasteiger partial charge >= 0.3 is 0 Å². The first-order valence-corrected chi connectivity index (χ1v) is 9.72. The van der Waals surface area contributed by atoms with Crippen LogP contribution in [0.5, 0.6) is 0 Å². The normalized spacial score (nSPS) is 15.8. The zero-order chi connectivity index (χ0) is 16.5. The molecule has 1 rings (SSSR count). The van der Waals surface area contributed by atoms with Crippen LogP contribution in [-0.4, -0.2) is 35.4 Å². The van der Waals surface area contributed by atoms with Crippen molar-refractivity contribution in [2.45, 2.75) is 39.5 Å². The SMILES string of the molecule is CSCCC(CO)C(C)Cc1ccc(C(CO)C(C)C)cc1. The van der Waals surface area contributed by atoms with Crippen LogP contribution in [-0.2, 0) is 6.42 Å². The molecule has 0 bridgehead atoms. The Morgan fingerprint density at radius 3 is 2.09 bits per heavy atom. The van der Waals surface area contributed by atoms with E-state index >= 15 is 0 Å². The minimum Gasteiger partial charge on any atom is -0.396 e. The van der Waals surface area contributed by atoms with E-state index in [1.807, 2.05) is 11.8 Å². The smallest absolute Gasteiger partial charge is 0.0502 e. The maximum absolute atomic E-state index is 9.57. The van der Waals surface area contributed by atoms with Crippen LogP contribution in [0.3, 0.4) is 0 Å².